The summed E-state index contributed by atoms with van der Waals surface area (Å²) in [5.74, 6) is 0. The molecule has 1 atom stereocenters. The maximum atomic E-state index is 12.0. The van der Waals surface area contributed by atoms with Crippen LogP contribution in [0.4, 0.5) is 10.5 Å². The zero-order valence-electron chi connectivity index (χ0n) is 11.9. The Bertz CT molecular complexity index is 457. The number of carbonyl (C=O) groups excluding carboxylic acids is 1. The van der Waals surface area contributed by atoms with Gasteiger partial charge in [-0.05, 0) is 19.2 Å². The van der Waals surface area contributed by atoms with Crippen molar-refractivity contribution in [3.63, 3.8) is 0 Å². The highest BCUT2D eigenvalue weighted by Gasteiger charge is 2.33. The van der Waals surface area contributed by atoms with E-state index in [-0.39, 0.29) is 12.2 Å². The van der Waals surface area contributed by atoms with Crippen molar-refractivity contribution >= 4 is 11.8 Å². The maximum Gasteiger partial charge on any atom is 0.414 e. The predicted molar refractivity (Wildman–Crippen MR) is 78.0 cm³/mol. The summed E-state index contributed by atoms with van der Waals surface area (Å²) in [4.78, 5) is 18.4. The van der Waals surface area contributed by atoms with Crippen LogP contribution in [0.5, 0.6) is 0 Å². The molecule has 5 nitrogen and oxygen atoms in total. The van der Waals surface area contributed by atoms with Crippen molar-refractivity contribution in [1.29, 1.82) is 0 Å². The smallest absolute Gasteiger partial charge is 0.414 e. The van der Waals surface area contributed by atoms with E-state index in [4.69, 9.17) is 4.74 Å². The number of hydrogen-bond acceptors (Lipinski definition) is 4. The van der Waals surface area contributed by atoms with Crippen molar-refractivity contribution in [2.24, 2.45) is 0 Å². The number of carbonyl (C=O) groups is 1. The molecule has 2 aliphatic rings. The number of hydrogen-bond donors (Lipinski definition) is 0. The lowest BCUT2D eigenvalue weighted by Crippen LogP contribution is -2.47. The van der Waals surface area contributed by atoms with E-state index in [9.17, 15) is 4.79 Å². The highest BCUT2D eigenvalue weighted by Crippen LogP contribution is 2.21. The van der Waals surface area contributed by atoms with Crippen LogP contribution in [0.2, 0.25) is 0 Å². The van der Waals surface area contributed by atoms with Crippen LogP contribution >= 0.6 is 0 Å². The molecule has 2 saturated heterocycles. The van der Waals surface area contributed by atoms with Crippen LogP contribution in [0.1, 0.15) is 0 Å². The molecular weight excluding hydrogens is 254 g/mol. The predicted octanol–water partition coefficient (Wildman–Crippen LogP) is 1.26. The third-order valence-electron chi connectivity index (χ3n) is 4.00. The second kappa shape index (κ2) is 5.81. The number of benzene rings is 1. The van der Waals surface area contributed by atoms with Crippen LogP contribution in [0.15, 0.2) is 30.3 Å². The first kappa shape index (κ1) is 13.4. The van der Waals surface area contributed by atoms with E-state index in [1.165, 1.54) is 0 Å². The summed E-state index contributed by atoms with van der Waals surface area (Å²) in [5, 5.41) is 0. The van der Waals surface area contributed by atoms with Crippen LogP contribution in [0.25, 0.3) is 0 Å². The highest BCUT2D eigenvalue weighted by molar-refractivity contribution is 5.89. The molecule has 1 amide bonds. The molecule has 2 fully saturated rings. The van der Waals surface area contributed by atoms with Gasteiger partial charge < -0.3 is 9.64 Å². The fourth-order valence-electron chi connectivity index (χ4n) is 2.75. The zero-order valence-corrected chi connectivity index (χ0v) is 11.9. The molecule has 20 heavy (non-hydrogen) atoms. The number of nitrogens with zero attached hydrogens (tertiary/aromatic N) is 3. The van der Waals surface area contributed by atoms with Gasteiger partial charge in [0.1, 0.15) is 6.10 Å². The topological polar surface area (TPSA) is 36.0 Å². The largest absolute Gasteiger partial charge is 0.443 e. The number of para-hydroxylation sites is 1. The van der Waals surface area contributed by atoms with Gasteiger partial charge in [0, 0.05) is 38.4 Å². The molecule has 0 spiro atoms. The molecule has 1 unspecified atom stereocenters. The maximum absolute atomic E-state index is 12.0. The quantitative estimate of drug-likeness (QED) is 0.832. The lowest BCUT2D eigenvalue weighted by Gasteiger charge is -2.33. The summed E-state index contributed by atoms with van der Waals surface area (Å²) in [6, 6.07) is 9.72. The summed E-state index contributed by atoms with van der Waals surface area (Å²) >= 11 is 0. The van der Waals surface area contributed by atoms with Gasteiger partial charge in [-0.2, -0.15) is 0 Å². The van der Waals surface area contributed by atoms with E-state index in [0.717, 1.165) is 38.4 Å². The second-order valence-corrected chi connectivity index (χ2v) is 5.56. The zero-order chi connectivity index (χ0) is 13.9. The van der Waals surface area contributed by atoms with Crippen LogP contribution in [-0.4, -0.2) is 68.3 Å². The van der Waals surface area contributed by atoms with Gasteiger partial charge in [0.05, 0.1) is 6.54 Å². The molecule has 0 aromatic heterocycles. The Morgan fingerprint density at radius 2 is 1.85 bits per heavy atom. The van der Waals surface area contributed by atoms with Gasteiger partial charge in [-0.15, -0.1) is 0 Å². The Labute approximate surface area is 119 Å². The molecule has 2 aliphatic heterocycles. The summed E-state index contributed by atoms with van der Waals surface area (Å²) in [7, 11) is 2.14. The fourth-order valence-corrected chi connectivity index (χ4v) is 2.75. The van der Waals surface area contributed by atoms with Gasteiger partial charge >= 0.3 is 6.09 Å². The Hall–Kier alpha value is -1.59. The van der Waals surface area contributed by atoms with Crippen molar-refractivity contribution in [2.75, 3.05) is 51.2 Å². The summed E-state index contributed by atoms with van der Waals surface area (Å²) in [6.45, 7) is 5.76. The van der Waals surface area contributed by atoms with Gasteiger partial charge in [0.2, 0.25) is 0 Å². The van der Waals surface area contributed by atoms with Crippen molar-refractivity contribution in [2.45, 2.75) is 6.10 Å². The number of cyclic esters (lactones) is 1. The number of anilines is 1. The second-order valence-electron chi connectivity index (χ2n) is 5.56. The van der Waals surface area contributed by atoms with E-state index in [0.29, 0.717) is 6.54 Å². The van der Waals surface area contributed by atoms with Crippen LogP contribution in [-0.2, 0) is 4.74 Å². The van der Waals surface area contributed by atoms with Crippen molar-refractivity contribution in [3.05, 3.63) is 30.3 Å². The molecule has 0 radical (unpaired) electrons. The normalized spacial score (nSPS) is 24.9. The van der Waals surface area contributed by atoms with Crippen LogP contribution in [0.3, 0.4) is 0 Å². The molecular formula is C15H21N3O2. The van der Waals surface area contributed by atoms with E-state index < -0.39 is 0 Å². The lowest BCUT2D eigenvalue weighted by atomic mass is 10.2. The van der Waals surface area contributed by atoms with E-state index in [1.54, 1.807) is 4.90 Å². The van der Waals surface area contributed by atoms with Crippen molar-refractivity contribution in [3.8, 4) is 0 Å². The van der Waals surface area contributed by atoms with E-state index in [2.05, 4.69) is 16.8 Å². The molecule has 0 bridgehead atoms. The first-order valence-electron chi connectivity index (χ1n) is 7.16. The molecule has 1 aromatic rings. The average Bonchev–Trinajstić information content (AvgIpc) is 2.83. The molecule has 1 aromatic carbocycles. The Morgan fingerprint density at radius 1 is 1.15 bits per heavy atom. The van der Waals surface area contributed by atoms with E-state index >= 15 is 0 Å². The number of amides is 1. The Morgan fingerprint density at radius 3 is 2.55 bits per heavy atom. The summed E-state index contributed by atoms with van der Waals surface area (Å²) in [5.41, 5.74) is 0.915. The van der Waals surface area contributed by atoms with Crippen molar-refractivity contribution in [1.82, 2.24) is 9.80 Å². The fraction of sp³-hybridized carbons (Fsp3) is 0.533. The summed E-state index contributed by atoms with van der Waals surface area (Å²) < 4.78 is 5.49. The molecule has 0 aliphatic carbocycles. The highest BCUT2D eigenvalue weighted by atomic mass is 16.6. The monoisotopic (exact) mass is 275 g/mol. The van der Waals surface area contributed by atoms with E-state index in [1.807, 2.05) is 30.3 Å². The number of piperazine rings is 1. The average molecular weight is 275 g/mol. The summed E-state index contributed by atoms with van der Waals surface area (Å²) in [6.07, 6.45) is -0.249. The minimum absolute atomic E-state index is 0.0221. The third kappa shape index (κ3) is 2.94. The molecule has 2 heterocycles. The SMILES string of the molecule is CN1CCN(CC2CN(c3ccccc3)C(=O)O2)CC1. The molecule has 0 N–H and O–H groups in total. The first-order chi connectivity index (χ1) is 9.72. The number of rotatable bonds is 3. The standard InChI is InChI=1S/C15H21N3O2/c1-16-7-9-17(10-8-16)11-14-12-18(15(19)20-14)13-5-3-2-4-6-13/h2-6,14H,7-12H2,1H3. The molecule has 3 rings (SSSR count). The minimum Gasteiger partial charge on any atom is -0.443 e. The third-order valence-corrected chi connectivity index (χ3v) is 4.00. The van der Waals surface area contributed by atoms with Gasteiger partial charge in [-0.25, -0.2) is 4.79 Å². The molecule has 0 saturated carbocycles. The first-order valence-corrected chi connectivity index (χ1v) is 7.16. The Balaban J connectivity index is 1.57. The van der Waals surface area contributed by atoms with Crippen molar-refractivity contribution < 1.29 is 9.53 Å². The number of likely N-dealkylation sites (N-methyl/N-ethyl adjacent to an activating group) is 1. The van der Waals surface area contributed by atoms with Gasteiger partial charge in [0.25, 0.3) is 0 Å². The molecule has 5 heteroatoms. The Kier molecular flexibility index (Phi) is 3.89. The van der Waals surface area contributed by atoms with Gasteiger partial charge in [-0.3, -0.25) is 9.80 Å². The van der Waals surface area contributed by atoms with Gasteiger partial charge in [-0.1, -0.05) is 18.2 Å². The number of ether oxygens (including phenoxy) is 1. The van der Waals surface area contributed by atoms with Crippen LogP contribution in [0, 0.1) is 0 Å². The lowest BCUT2D eigenvalue weighted by molar-refractivity contribution is 0.0841. The molecule has 108 valence electrons. The minimum atomic E-state index is -0.227. The van der Waals surface area contributed by atoms with Crippen LogP contribution < -0.4 is 4.90 Å². The van der Waals surface area contributed by atoms with Gasteiger partial charge in [0.15, 0.2) is 0 Å².